The maximum atomic E-state index is 12.8. The summed E-state index contributed by atoms with van der Waals surface area (Å²) < 4.78 is 12.8. The average Bonchev–Trinajstić information content (AvgIpc) is 2.15. The molecule has 0 saturated carbocycles. The molecular weight excluding hydrogens is 211 g/mol. The summed E-state index contributed by atoms with van der Waals surface area (Å²) in [6.45, 7) is 3.03. The third-order valence-corrected chi connectivity index (χ3v) is 3.08. The van der Waals surface area contributed by atoms with E-state index >= 15 is 0 Å². The highest BCUT2D eigenvalue weighted by molar-refractivity contribution is 5.70. The summed E-state index contributed by atoms with van der Waals surface area (Å²) in [6, 6.07) is 3.09. The van der Waals surface area contributed by atoms with E-state index < -0.39 is 11.9 Å². The maximum absolute atomic E-state index is 12.8. The standard InChI is InChI=1S/C11H13FN2O2/c1-7(11(15)16)8-5-14(6-8)9-2-3-13-10(12)4-9/h2-4,7-8H,5-6H2,1H3,(H,15,16). The Hall–Kier alpha value is -1.65. The zero-order valence-corrected chi connectivity index (χ0v) is 8.93. The number of halogens is 1. The molecule has 1 aliphatic heterocycles. The average molecular weight is 224 g/mol. The Kier molecular flexibility index (Phi) is 2.77. The van der Waals surface area contributed by atoms with Crippen LogP contribution in [-0.4, -0.2) is 29.1 Å². The van der Waals surface area contributed by atoms with Crippen molar-refractivity contribution < 1.29 is 14.3 Å². The highest BCUT2D eigenvalue weighted by Crippen LogP contribution is 2.29. The van der Waals surface area contributed by atoms with Crippen LogP contribution in [0.5, 0.6) is 0 Å². The predicted octanol–water partition coefficient (Wildman–Crippen LogP) is 1.38. The van der Waals surface area contributed by atoms with E-state index in [2.05, 4.69) is 4.98 Å². The molecular formula is C11H13FN2O2. The van der Waals surface area contributed by atoms with Crippen molar-refractivity contribution in [1.29, 1.82) is 0 Å². The Balaban J connectivity index is 1.96. The van der Waals surface area contributed by atoms with E-state index in [0.717, 1.165) is 5.69 Å². The second-order valence-corrected chi connectivity index (χ2v) is 4.13. The summed E-state index contributed by atoms with van der Waals surface area (Å²) in [4.78, 5) is 16.2. The monoisotopic (exact) mass is 224 g/mol. The first-order chi connectivity index (χ1) is 7.58. The molecule has 1 fully saturated rings. The maximum Gasteiger partial charge on any atom is 0.306 e. The number of carboxylic acid groups (broad SMARTS) is 1. The van der Waals surface area contributed by atoms with Gasteiger partial charge in [0.1, 0.15) is 0 Å². The van der Waals surface area contributed by atoms with Crippen molar-refractivity contribution in [2.75, 3.05) is 18.0 Å². The lowest BCUT2D eigenvalue weighted by Gasteiger charge is -2.42. The fraction of sp³-hybridized carbons (Fsp3) is 0.455. The second-order valence-electron chi connectivity index (χ2n) is 4.13. The van der Waals surface area contributed by atoms with E-state index in [1.165, 1.54) is 12.3 Å². The first kappa shape index (κ1) is 10.9. The van der Waals surface area contributed by atoms with Crippen LogP contribution in [0.25, 0.3) is 0 Å². The fourth-order valence-corrected chi connectivity index (χ4v) is 1.83. The summed E-state index contributed by atoms with van der Waals surface area (Å²) in [5, 5.41) is 8.83. The largest absolute Gasteiger partial charge is 0.481 e. The van der Waals surface area contributed by atoms with Gasteiger partial charge in [-0.05, 0) is 6.07 Å². The van der Waals surface area contributed by atoms with Crippen molar-refractivity contribution in [3.05, 3.63) is 24.3 Å². The minimum atomic E-state index is -0.773. The van der Waals surface area contributed by atoms with Crippen molar-refractivity contribution in [2.24, 2.45) is 11.8 Å². The highest BCUT2D eigenvalue weighted by atomic mass is 19.1. The number of hydrogen-bond donors (Lipinski definition) is 1. The molecule has 1 aliphatic rings. The SMILES string of the molecule is CC(C(=O)O)C1CN(c2ccnc(F)c2)C1. The van der Waals surface area contributed by atoms with Gasteiger partial charge in [-0.2, -0.15) is 4.39 Å². The number of anilines is 1. The molecule has 2 heterocycles. The van der Waals surface area contributed by atoms with E-state index in [4.69, 9.17) is 5.11 Å². The lowest BCUT2D eigenvalue weighted by Crippen LogP contribution is -2.51. The summed E-state index contributed by atoms with van der Waals surface area (Å²) in [7, 11) is 0. The molecule has 0 aliphatic carbocycles. The van der Waals surface area contributed by atoms with Gasteiger partial charge in [-0.3, -0.25) is 4.79 Å². The Morgan fingerprint density at radius 1 is 1.69 bits per heavy atom. The first-order valence-electron chi connectivity index (χ1n) is 5.17. The molecule has 0 spiro atoms. The Bertz CT molecular complexity index is 405. The van der Waals surface area contributed by atoms with Gasteiger partial charge in [-0.25, -0.2) is 4.98 Å². The molecule has 4 nitrogen and oxygen atoms in total. The molecule has 1 aromatic rings. The van der Waals surface area contributed by atoms with Gasteiger partial charge in [0.15, 0.2) is 0 Å². The molecule has 0 aromatic carbocycles. The molecule has 86 valence electrons. The zero-order chi connectivity index (χ0) is 11.7. The lowest BCUT2D eigenvalue weighted by atomic mass is 9.87. The summed E-state index contributed by atoms with van der Waals surface area (Å²) in [5.41, 5.74) is 0.765. The minimum Gasteiger partial charge on any atom is -0.481 e. The van der Waals surface area contributed by atoms with Crippen molar-refractivity contribution >= 4 is 11.7 Å². The van der Waals surface area contributed by atoms with Gasteiger partial charge in [0, 0.05) is 37.0 Å². The molecule has 0 radical (unpaired) electrons. The first-order valence-corrected chi connectivity index (χ1v) is 5.17. The number of pyridine rings is 1. The third-order valence-electron chi connectivity index (χ3n) is 3.08. The minimum absolute atomic E-state index is 0.147. The van der Waals surface area contributed by atoms with Crippen LogP contribution < -0.4 is 4.90 Å². The van der Waals surface area contributed by atoms with Gasteiger partial charge >= 0.3 is 5.97 Å². The van der Waals surface area contributed by atoms with E-state index in [1.54, 1.807) is 13.0 Å². The van der Waals surface area contributed by atoms with Crippen LogP contribution in [0, 0.1) is 17.8 Å². The van der Waals surface area contributed by atoms with Gasteiger partial charge in [0.05, 0.1) is 5.92 Å². The number of aromatic nitrogens is 1. The number of rotatable bonds is 3. The van der Waals surface area contributed by atoms with Crippen molar-refractivity contribution in [1.82, 2.24) is 4.98 Å². The van der Waals surface area contributed by atoms with Crippen molar-refractivity contribution in [3.8, 4) is 0 Å². The molecule has 16 heavy (non-hydrogen) atoms. The predicted molar refractivity (Wildman–Crippen MR) is 56.7 cm³/mol. The van der Waals surface area contributed by atoms with E-state index in [1.807, 2.05) is 4.90 Å². The Labute approximate surface area is 92.7 Å². The smallest absolute Gasteiger partial charge is 0.306 e. The van der Waals surface area contributed by atoms with Gasteiger partial charge < -0.3 is 10.0 Å². The van der Waals surface area contributed by atoms with Gasteiger partial charge in [-0.15, -0.1) is 0 Å². The van der Waals surface area contributed by atoms with Crippen LogP contribution >= 0.6 is 0 Å². The second kappa shape index (κ2) is 4.08. The summed E-state index contributed by atoms with van der Waals surface area (Å²) >= 11 is 0. The number of carbonyl (C=O) groups is 1. The van der Waals surface area contributed by atoms with E-state index in [0.29, 0.717) is 13.1 Å². The van der Waals surface area contributed by atoms with Crippen LogP contribution in [0.15, 0.2) is 18.3 Å². The normalized spacial score (nSPS) is 18.0. The fourth-order valence-electron chi connectivity index (χ4n) is 1.83. The van der Waals surface area contributed by atoms with Gasteiger partial charge in [-0.1, -0.05) is 6.92 Å². The van der Waals surface area contributed by atoms with Crippen LogP contribution in [0.1, 0.15) is 6.92 Å². The summed E-state index contributed by atoms with van der Waals surface area (Å²) in [6.07, 6.45) is 1.42. The van der Waals surface area contributed by atoms with Crippen molar-refractivity contribution in [2.45, 2.75) is 6.92 Å². The lowest BCUT2D eigenvalue weighted by molar-refractivity contribution is -0.143. The topological polar surface area (TPSA) is 53.4 Å². The number of nitrogens with zero attached hydrogens (tertiary/aromatic N) is 2. The molecule has 1 saturated heterocycles. The Morgan fingerprint density at radius 3 is 2.94 bits per heavy atom. The molecule has 0 amide bonds. The van der Waals surface area contributed by atoms with E-state index in [9.17, 15) is 9.18 Å². The molecule has 1 atom stereocenters. The quantitative estimate of drug-likeness (QED) is 0.788. The number of hydrogen-bond acceptors (Lipinski definition) is 3. The molecule has 1 aromatic heterocycles. The molecule has 0 bridgehead atoms. The number of carboxylic acids is 1. The molecule has 1 N–H and O–H groups in total. The Morgan fingerprint density at radius 2 is 2.38 bits per heavy atom. The van der Waals surface area contributed by atoms with Gasteiger partial charge in [0.2, 0.25) is 5.95 Å². The van der Waals surface area contributed by atoms with Crippen LogP contribution in [0.4, 0.5) is 10.1 Å². The van der Waals surface area contributed by atoms with Crippen LogP contribution in [0.3, 0.4) is 0 Å². The van der Waals surface area contributed by atoms with Gasteiger partial charge in [0.25, 0.3) is 0 Å². The van der Waals surface area contributed by atoms with Crippen molar-refractivity contribution in [3.63, 3.8) is 0 Å². The van der Waals surface area contributed by atoms with Crippen LogP contribution in [0.2, 0.25) is 0 Å². The summed E-state index contributed by atoms with van der Waals surface area (Å²) in [5.74, 6) is -1.48. The molecule has 5 heteroatoms. The number of aliphatic carboxylic acids is 1. The zero-order valence-electron chi connectivity index (χ0n) is 8.93. The highest BCUT2D eigenvalue weighted by Gasteiger charge is 2.34. The third kappa shape index (κ3) is 1.98. The molecule has 1 unspecified atom stereocenters. The molecule has 2 rings (SSSR count). The van der Waals surface area contributed by atoms with E-state index in [-0.39, 0.29) is 11.8 Å². The van der Waals surface area contributed by atoms with Crippen LogP contribution in [-0.2, 0) is 4.79 Å².